The predicted octanol–water partition coefficient (Wildman–Crippen LogP) is 3.07. The summed E-state index contributed by atoms with van der Waals surface area (Å²) in [6, 6.07) is 7.32. The Kier molecular flexibility index (Phi) is 4.17. The SMILES string of the molecule is CCCC(=O)c1ccc(OCC)cc1. The van der Waals surface area contributed by atoms with Crippen molar-refractivity contribution < 1.29 is 9.53 Å². The Morgan fingerprint density at radius 2 is 1.86 bits per heavy atom. The molecule has 1 aromatic carbocycles. The van der Waals surface area contributed by atoms with Crippen molar-refractivity contribution in [3.05, 3.63) is 29.8 Å². The lowest BCUT2D eigenvalue weighted by molar-refractivity contribution is 0.0981. The topological polar surface area (TPSA) is 26.3 Å². The van der Waals surface area contributed by atoms with Crippen LogP contribution in [0.3, 0.4) is 0 Å². The van der Waals surface area contributed by atoms with Gasteiger partial charge in [-0.15, -0.1) is 0 Å². The van der Waals surface area contributed by atoms with Gasteiger partial charge in [-0.05, 0) is 37.6 Å². The highest BCUT2D eigenvalue weighted by atomic mass is 16.5. The van der Waals surface area contributed by atoms with Crippen molar-refractivity contribution in [3.63, 3.8) is 0 Å². The standard InChI is InChI=1S/C12H16O2/c1-3-5-12(13)10-6-8-11(9-7-10)14-4-2/h6-9H,3-5H2,1-2H3. The van der Waals surface area contributed by atoms with Crippen molar-refractivity contribution in [2.24, 2.45) is 0 Å². The van der Waals surface area contributed by atoms with Crippen molar-refractivity contribution in [1.29, 1.82) is 0 Å². The number of Topliss-reactive ketones (excluding diaryl/α,β-unsaturated/α-hetero) is 1. The predicted molar refractivity (Wildman–Crippen MR) is 56.8 cm³/mol. The summed E-state index contributed by atoms with van der Waals surface area (Å²) in [7, 11) is 0. The van der Waals surface area contributed by atoms with Crippen molar-refractivity contribution in [1.82, 2.24) is 0 Å². The van der Waals surface area contributed by atoms with Gasteiger partial charge in [0.05, 0.1) is 6.61 Å². The van der Waals surface area contributed by atoms with Gasteiger partial charge in [0, 0.05) is 12.0 Å². The average molecular weight is 192 g/mol. The molecule has 0 aliphatic rings. The van der Waals surface area contributed by atoms with Gasteiger partial charge >= 0.3 is 0 Å². The third-order valence-corrected chi connectivity index (χ3v) is 1.96. The Morgan fingerprint density at radius 3 is 2.36 bits per heavy atom. The molecule has 0 aromatic heterocycles. The molecule has 0 amide bonds. The van der Waals surface area contributed by atoms with Crippen LogP contribution in [-0.4, -0.2) is 12.4 Å². The van der Waals surface area contributed by atoms with E-state index in [1.165, 1.54) is 0 Å². The number of benzene rings is 1. The van der Waals surface area contributed by atoms with E-state index in [4.69, 9.17) is 4.74 Å². The fraction of sp³-hybridized carbons (Fsp3) is 0.417. The number of carbonyl (C=O) groups is 1. The van der Waals surface area contributed by atoms with E-state index in [0.29, 0.717) is 13.0 Å². The van der Waals surface area contributed by atoms with Gasteiger partial charge in [0.25, 0.3) is 0 Å². The minimum absolute atomic E-state index is 0.204. The Hall–Kier alpha value is -1.31. The molecule has 0 radical (unpaired) electrons. The lowest BCUT2D eigenvalue weighted by atomic mass is 10.1. The number of hydrogen-bond acceptors (Lipinski definition) is 2. The minimum atomic E-state index is 0.204. The summed E-state index contributed by atoms with van der Waals surface area (Å²) in [5, 5.41) is 0. The largest absolute Gasteiger partial charge is 0.494 e. The first kappa shape index (κ1) is 10.8. The molecule has 0 N–H and O–H groups in total. The van der Waals surface area contributed by atoms with Crippen LogP contribution in [0.25, 0.3) is 0 Å². The van der Waals surface area contributed by atoms with Gasteiger partial charge in [0.1, 0.15) is 5.75 Å². The maximum atomic E-state index is 11.5. The van der Waals surface area contributed by atoms with Gasteiger partial charge in [0.15, 0.2) is 5.78 Å². The Bertz CT molecular complexity index is 288. The van der Waals surface area contributed by atoms with E-state index in [0.717, 1.165) is 17.7 Å². The Morgan fingerprint density at radius 1 is 1.21 bits per heavy atom. The molecule has 0 aliphatic heterocycles. The van der Waals surface area contributed by atoms with Crippen LogP contribution in [0.4, 0.5) is 0 Å². The van der Waals surface area contributed by atoms with Gasteiger partial charge in [-0.3, -0.25) is 4.79 Å². The van der Waals surface area contributed by atoms with Crippen molar-refractivity contribution in [3.8, 4) is 5.75 Å². The number of ketones is 1. The molecular formula is C12H16O2. The zero-order valence-corrected chi connectivity index (χ0v) is 8.75. The first-order chi connectivity index (χ1) is 6.77. The van der Waals surface area contributed by atoms with E-state index in [1.54, 1.807) is 0 Å². The number of rotatable bonds is 5. The Labute approximate surface area is 84.9 Å². The zero-order chi connectivity index (χ0) is 10.4. The van der Waals surface area contributed by atoms with E-state index in [9.17, 15) is 4.79 Å². The number of carbonyl (C=O) groups excluding carboxylic acids is 1. The monoisotopic (exact) mass is 192 g/mol. The second kappa shape index (κ2) is 5.43. The maximum absolute atomic E-state index is 11.5. The van der Waals surface area contributed by atoms with Gasteiger partial charge < -0.3 is 4.74 Å². The molecule has 76 valence electrons. The summed E-state index contributed by atoms with van der Waals surface area (Å²) in [6.45, 7) is 4.60. The molecular weight excluding hydrogens is 176 g/mol. The summed E-state index contributed by atoms with van der Waals surface area (Å²) in [5.74, 6) is 1.02. The third-order valence-electron chi connectivity index (χ3n) is 1.96. The normalized spacial score (nSPS) is 9.86. The number of ether oxygens (including phenoxy) is 1. The first-order valence-electron chi connectivity index (χ1n) is 5.04. The van der Waals surface area contributed by atoms with Gasteiger partial charge in [-0.25, -0.2) is 0 Å². The fourth-order valence-corrected chi connectivity index (χ4v) is 1.28. The van der Waals surface area contributed by atoms with E-state index in [-0.39, 0.29) is 5.78 Å². The molecule has 0 heterocycles. The third kappa shape index (κ3) is 2.87. The molecule has 2 heteroatoms. The maximum Gasteiger partial charge on any atom is 0.162 e. The van der Waals surface area contributed by atoms with Gasteiger partial charge in [-0.1, -0.05) is 6.92 Å². The molecule has 1 aromatic rings. The molecule has 0 spiro atoms. The van der Waals surface area contributed by atoms with Crippen LogP contribution >= 0.6 is 0 Å². The molecule has 0 bridgehead atoms. The first-order valence-corrected chi connectivity index (χ1v) is 5.04. The van der Waals surface area contributed by atoms with E-state index < -0.39 is 0 Å². The van der Waals surface area contributed by atoms with Crippen LogP contribution in [0.2, 0.25) is 0 Å². The summed E-state index contributed by atoms with van der Waals surface area (Å²) >= 11 is 0. The molecule has 0 fully saturated rings. The summed E-state index contributed by atoms with van der Waals surface area (Å²) in [5.41, 5.74) is 0.773. The van der Waals surface area contributed by atoms with Crippen molar-refractivity contribution in [2.75, 3.05) is 6.61 Å². The molecule has 14 heavy (non-hydrogen) atoms. The van der Waals surface area contributed by atoms with Crippen LogP contribution in [0.15, 0.2) is 24.3 Å². The second-order valence-corrected chi connectivity index (χ2v) is 3.13. The minimum Gasteiger partial charge on any atom is -0.494 e. The van der Waals surface area contributed by atoms with E-state index in [1.807, 2.05) is 38.1 Å². The molecule has 1 rings (SSSR count). The van der Waals surface area contributed by atoms with Gasteiger partial charge in [-0.2, -0.15) is 0 Å². The number of hydrogen-bond donors (Lipinski definition) is 0. The smallest absolute Gasteiger partial charge is 0.162 e. The van der Waals surface area contributed by atoms with Crippen LogP contribution in [-0.2, 0) is 0 Å². The van der Waals surface area contributed by atoms with E-state index >= 15 is 0 Å². The Balaban J connectivity index is 2.67. The molecule has 0 unspecified atom stereocenters. The second-order valence-electron chi connectivity index (χ2n) is 3.13. The summed E-state index contributed by atoms with van der Waals surface area (Å²) in [6.07, 6.45) is 1.51. The lowest BCUT2D eigenvalue weighted by Gasteiger charge is -2.03. The van der Waals surface area contributed by atoms with Gasteiger partial charge in [0.2, 0.25) is 0 Å². The highest BCUT2D eigenvalue weighted by molar-refractivity contribution is 5.96. The van der Waals surface area contributed by atoms with Crippen molar-refractivity contribution in [2.45, 2.75) is 26.7 Å². The lowest BCUT2D eigenvalue weighted by Crippen LogP contribution is -1.98. The fourth-order valence-electron chi connectivity index (χ4n) is 1.28. The van der Waals surface area contributed by atoms with Crippen LogP contribution in [0.5, 0.6) is 5.75 Å². The molecule has 0 saturated heterocycles. The van der Waals surface area contributed by atoms with Crippen molar-refractivity contribution >= 4 is 5.78 Å². The van der Waals surface area contributed by atoms with E-state index in [2.05, 4.69) is 0 Å². The molecule has 0 saturated carbocycles. The zero-order valence-electron chi connectivity index (χ0n) is 8.75. The highest BCUT2D eigenvalue weighted by Crippen LogP contribution is 2.13. The quantitative estimate of drug-likeness (QED) is 0.670. The molecule has 2 nitrogen and oxygen atoms in total. The van der Waals surface area contributed by atoms with Crippen LogP contribution in [0.1, 0.15) is 37.0 Å². The average Bonchev–Trinajstić information content (AvgIpc) is 2.20. The van der Waals surface area contributed by atoms with Crippen LogP contribution in [0, 0.1) is 0 Å². The molecule has 0 aliphatic carbocycles. The molecule has 0 atom stereocenters. The highest BCUT2D eigenvalue weighted by Gasteiger charge is 2.03. The summed E-state index contributed by atoms with van der Waals surface area (Å²) < 4.78 is 5.29. The summed E-state index contributed by atoms with van der Waals surface area (Å²) in [4.78, 5) is 11.5. The van der Waals surface area contributed by atoms with Crippen LogP contribution < -0.4 is 4.74 Å².